The van der Waals surface area contributed by atoms with Crippen LogP contribution in [0.2, 0.25) is 15.1 Å². The van der Waals surface area contributed by atoms with Gasteiger partial charge >= 0.3 is 5.97 Å². The SMILES string of the molecule is COC(=O)c1c(Cl)ccc(N2CC(c3ccc(Cl)cc3)C2)c1Cl. The third-order valence-corrected chi connectivity index (χ3v) is 4.97. The topological polar surface area (TPSA) is 29.5 Å². The quantitative estimate of drug-likeness (QED) is 0.709. The molecule has 3 rings (SSSR count). The molecule has 1 fully saturated rings. The molecule has 0 atom stereocenters. The van der Waals surface area contributed by atoms with Crippen LogP contribution >= 0.6 is 34.8 Å². The van der Waals surface area contributed by atoms with E-state index in [0.717, 1.165) is 23.8 Å². The van der Waals surface area contributed by atoms with Gasteiger partial charge < -0.3 is 9.64 Å². The molecule has 0 aliphatic carbocycles. The predicted molar refractivity (Wildman–Crippen MR) is 94.2 cm³/mol. The summed E-state index contributed by atoms with van der Waals surface area (Å²) in [6.07, 6.45) is 0. The van der Waals surface area contributed by atoms with Crippen LogP contribution in [0.4, 0.5) is 5.69 Å². The summed E-state index contributed by atoms with van der Waals surface area (Å²) < 4.78 is 4.75. The van der Waals surface area contributed by atoms with Crippen LogP contribution in [0.5, 0.6) is 0 Å². The number of rotatable bonds is 3. The minimum absolute atomic E-state index is 0.211. The average molecular weight is 371 g/mol. The largest absolute Gasteiger partial charge is 0.465 e. The zero-order valence-corrected chi connectivity index (χ0v) is 14.6. The standard InChI is InChI=1S/C17H14Cl3NO2/c1-23-17(22)15-13(19)6-7-14(16(15)20)21-8-11(9-21)10-2-4-12(18)5-3-10/h2-7,11H,8-9H2,1H3. The summed E-state index contributed by atoms with van der Waals surface area (Å²) in [7, 11) is 1.31. The van der Waals surface area contributed by atoms with E-state index in [9.17, 15) is 4.79 Å². The molecule has 0 amide bonds. The molecule has 120 valence electrons. The number of hydrogen-bond acceptors (Lipinski definition) is 3. The normalized spacial score (nSPS) is 14.5. The van der Waals surface area contributed by atoms with E-state index in [4.69, 9.17) is 39.5 Å². The summed E-state index contributed by atoms with van der Waals surface area (Å²) >= 11 is 18.3. The van der Waals surface area contributed by atoms with Crippen LogP contribution in [0.25, 0.3) is 0 Å². The molecule has 3 nitrogen and oxygen atoms in total. The minimum atomic E-state index is -0.531. The monoisotopic (exact) mass is 369 g/mol. The molecule has 0 unspecified atom stereocenters. The van der Waals surface area contributed by atoms with E-state index in [1.165, 1.54) is 12.7 Å². The van der Waals surface area contributed by atoms with Crippen molar-refractivity contribution in [3.05, 3.63) is 62.6 Å². The number of methoxy groups -OCH3 is 1. The van der Waals surface area contributed by atoms with Crippen LogP contribution in [-0.2, 0) is 4.74 Å². The number of carbonyl (C=O) groups excluding carboxylic acids is 1. The maximum atomic E-state index is 11.8. The first-order chi connectivity index (χ1) is 11.0. The van der Waals surface area contributed by atoms with Crippen molar-refractivity contribution in [1.82, 2.24) is 0 Å². The number of hydrogen-bond donors (Lipinski definition) is 0. The zero-order chi connectivity index (χ0) is 16.6. The van der Waals surface area contributed by atoms with Gasteiger partial charge in [-0.15, -0.1) is 0 Å². The molecular weight excluding hydrogens is 357 g/mol. The van der Waals surface area contributed by atoms with Crippen molar-refractivity contribution in [3.8, 4) is 0 Å². The van der Waals surface area contributed by atoms with Gasteiger partial charge in [0, 0.05) is 24.0 Å². The number of ether oxygens (including phenoxy) is 1. The third kappa shape index (κ3) is 3.14. The van der Waals surface area contributed by atoms with Gasteiger partial charge in [-0.3, -0.25) is 0 Å². The van der Waals surface area contributed by atoms with Gasteiger partial charge in [0.25, 0.3) is 0 Å². The first kappa shape index (κ1) is 16.4. The number of anilines is 1. The van der Waals surface area contributed by atoms with Crippen molar-refractivity contribution in [1.29, 1.82) is 0 Å². The average Bonchev–Trinajstić information content (AvgIpc) is 2.49. The van der Waals surface area contributed by atoms with E-state index in [0.29, 0.717) is 16.0 Å². The summed E-state index contributed by atoms with van der Waals surface area (Å²) in [6.45, 7) is 1.65. The van der Waals surface area contributed by atoms with Gasteiger partial charge in [0.1, 0.15) is 0 Å². The Hall–Kier alpha value is -1.42. The second-order valence-corrected chi connectivity index (χ2v) is 6.62. The van der Waals surface area contributed by atoms with E-state index in [-0.39, 0.29) is 5.56 Å². The number of esters is 1. The summed E-state index contributed by atoms with van der Waals surface area (Å²) in [4.78, 5) is 13.9. The Kier molecular flexibility index (Phi) is 4.72. The lowest BCUT2D eigenvalue weighted by atomic mass is 9.91. The lowest BCUT2D eigenvalue weighted by molar-refractivity contribution is 0.0601. The molecule has 2 aromatic rings. The van der Waals surface area contributed by atoms with Gasteiger partial charge in [0.05, 0.1) is 28.4 Å². The van der Waals surface area contributed by atoms with E-state index in [2.05, 4.69) is 4.90 Å². The Bertz CT molecular complexity index is 740. The van der Waals surface area contributed by atoms with Crippen LogP contribution < -0.4 is 4.90 Å². The molecule has 23 heavy (non-hydrogen) atoms. The van der Waals surface area contributed by atoms with Crippen molar-refractivity contribution < 1.29 is 9.53 Å². The molecule has 1 aliphatic rings. The van der Waals surface area contributed by atoms with Crippen LogP contribution in [0, 0.1) is 0 Å². The number of nitrogens with zero attached hydrogens (tertiary/aromatic N) is 1. The molecule has 1 heterocycles. The van der Waals surface area contributed by atoms with Crippen LogP contribution in [0.3, 0.4) is 0 Å². The highest BCUT2D eigenvalue weighted by molar-refractivity contribution is 6.41. The zero-order valence-electron chi connectivity index (χ0n) is 12.4. The van der Waals surface area contributed by atoms with Crippen LogP contribution in [0.1, 0.15) is 21.8 Å². The highest BCUT2D eigenvalue weighted by Crippen LogP contribution is 2.39. The van der Waals surface area contributed by atoms with E-state index in [1.54, 1.807) is 6.07 Å². The highest BCUT2D eigenvalue weighted by Gasteiger charge is 2.31. The predicted octanol–water partition coefficient (Wildman–Crippen LogP) is 5.04. The molecule has 0 bridgehead atoms. The molecule has 0 aromatic heterocycles. The summed E-state index contributed by atoms with van der Waals surface area (Å²) in [5, 5.41) is 1.35. The molecule has 1 saturated heterocycles. The fourth-order valence-electron chi connectivity index (χ4n) is 2.70. The maximum absolute atomic E-state index is 11.8. The van der Waals surface area contributed by atoms with Crippen LogP contribution in [-0.4, -0.2) is 26.2 Å². The molecule has 0 spiro atoms. The minimum Gasteiger partial charge on any atom is -0.465 e. The van der Waals surface area contributed by atoms with Gasteiger partial charge in [0.2, 0.25) is 0 Å². The van der Waals surface area contributed by atoms with Gasteiger partial charge in [-0.25, -0.2) is 4.79 Å². The van der Waals surface area contributed by atoms with Crippen LogP contribution in [0.15, 0.2) is 36.4 Å². The van der Waals surface area contributed by atoms with Gasteiger partial charge in [-0.05, 0) is 29.8 Å². The van der Waals surface area contributed by atoms with Gasteiger partial charge in [0.15, 0.2) is 0 Å². The summed E-state index contributed by atoms with van der Waals surface area (Å²) in [5.41, 5.74) is 2.24. The second kappa shape index (κ2) is 6.60. The fraction of sp³-hybridized carbons (Fsp3) is 0.235. The smallest absolute Gasteiger partial charge is 0.340 e. The Morgan fingerprint density at radius 2 is 1.74 bits per heavy atom. The fourth-order valence-corrected chi connectivity index (χ4v) is 3.47. The van der Waals surface area contributed by atoms with E-state index >= 15 is 0 Å². The van der Waals surface area contributed by atoms with Crippen molar-refractivity contribution in [2.45, 2.75) is 5.92 Å². The number of halogens is 3. The van der Waals surface area contributed by atoms with Crippen molar-refractivity contribution in [3.63, 3.8) is 0 Å². The highest BCUT2D eigenvalue weighted by atomic mass is 35.5. The maximum Gasteiger partial charge on any atom is 0.340 e. The van der Waals surface area contributed by atoms with Crippen molar-refractivity contribution >= 4 is 46.5 Å². The first-order valence-electron chi connectivity index (χ1n) is 7.08. The van der Waals surface area contributed by atoms with E-state index in [1.807, 2.05) is 30.3 Å². The molecular formula is C17H14Cl3NO2. The Balaban J connectivity index is 1.80. The lowest BCUT2D eigenvalue weighted by Crippen LogP contribution is -2.45. The van der Waals surface area contributed by atoms with E-state index < -0.39 is 5.97 Å². The molecule has 6 heteroatoms. The Labute approximate surface area is 149 Å². The first-order valence-corrected chi connectivity index (χ1v) is 8.21. The number of benzene rings is 2. The third-order valence-electron chi connectivity index (χ3n) is 4.02. The molecule has 2 aromatic carbocycles. The van der Waals surface area contributed by atoms with Crippen molar-refractivity contribution in [2.75, 3.05) is 25.1 Å². The van der Waals surface area contributed by atoms with Crippen molar-refractivity contribution in [2.24, 2.45) is 0 Å². The van der Waals surface area contributed by atoms with Gasteiger partial charge in [-0.2, -0.15) is 0 Å². The second-order valence-electron chi connectivity index (χ2n) is 5.40. The molecule has 1 aliphatic heterocycles. The molecule has 0 N–H and O–H groups in total. The summed E-state index contributed by atoms with van der Waals surface area (Å²) in [6, 6.07) is 11.4. The molecule has 0 radical (unpaired) electrons. The molecule has 0 saturated carbocycles. The Morgan fingerprint density at radius 3 is 2.35 bits per heavy atom. The Morgan fingerprint density at radius 1 is 1.09 bits per heavy atom. The summed E-state index contributed by atoms with van der Waals surface area (Å²) in [5.74, 6) is -0.114. The number of carbonyl (C=O) groups is 1. The van der Waals surface area contributed by atoms with Gasteiger partial charge in [-0.1, -0.05) is 46.9 Å². The lowest BCUT2D eigenvalue weighted by Gasteiger charge is -2.42.